The molecule has 1 saturated carbocycles. The molecule has 5 rings (SSSR count). The van der Waals surface area contributed by atoms with Crippen LogP contribution in [0.15, 0.2) is 64.9 Å². The first-order chi connectivity index (χ1) is 20.7. The third-order valence-electron chi connectivity index (χ3n) is 7.60. The van der Waals surface area contributed by atoms with E-state index >= 15 is 4.39 Å². The van der Waals surface area contributed by atoms with Gasteiger partial charge in [0.05, 0.1) is 36.2 Å². The van der Waals surface area contributed by atoms with Crippen molar-refractivity contribution in [3.05, 3.63) is 76.9 Å². The second kappa shape index (κ2) is 11.7. The van der Waals surface area contributed by atoms with Crippen molar-refractivity contribution in [1.82, 2.24) is 5.32 Å². The van der Waals surface area contributed by atoms with Crippen LogP contribution in [0.4, 0.5) is 23.2 Å². The predicted molar refractivity (Wildman–Crippen MR) is 151 cm³/mol. The number of esters is 1. The Morgan fingerprint density at radius 2 is 1.75 bits per heavy atom. The molecule has 0 unspecified atom stereocenters. The second-order valence-corrected chi connectivity index (χ2v) is 13.0. The zero-order valence-corrected chi connectivity index (χ0v) is 24.6. The molecule has 2 aliphatic rings. The molecule has 0 radical (unpaired) electrons. The van der Waals surface area contributed by atoms with Gasteiger partial charge in [0.25, 0.3) is 15.7 Å². The van der Waals surface area contributed by atoms with Gasteiger partial charge in [-0.2, -0.15) is 13.2 Å². The molecule has 1 fully saturated rings. The average Bonchev–Trinajstić information content (AvgIpc) is 3.73. The fourth-order valence-electron chi connectivity index (χ4n) is 5.50. The van der Waals surface area contributed by atoms with E-state index in [9.17, 15) is 36.0 Å². The largest absolute Gasteiger partial charge is 0.501 e. The number of fused-ring (bicyclic) bond motifs is 2. The lowest BCUT2D eigenvalue weighted by Crippen LogP contribution is -2.47. The van der Waals surface area contributed by atoms with Crippen molar-refractivity contribution in [3.8, 4) is 16.2 Å². The van der Waals surface area contributed by atoms with Gasteiger partial charge in [0.1, 0.15) is 11.6 Å². The summed E-state index contributed by atoms with van der Waals surface area (Å²) in [5, 5.41) is 6.81. The van der Waals surface area contributed by atoms with E-state index < -0.39 is 55.8 Å². The number of alkyl halides is 3. The Balaban J connectivity index is 1.40. The number of methoxy groups -OCH3 is 2. The minimum Gasteiger partial charge on any atom is -0.496 e. The van der Waals surface area contributed by atoms with Crippen molar-refractivity contribution in [3.63, 3.8) is 0 Å². The van der Waals surface area contributed by atoms with Gasteiger partial charge >= 0.3 is 11.5 Å². The summed E-state index contributed by atoms with van der Waals surface area (Å²) in [7, 11) is -3.17. The van der Waals surface area contributed by atoms with Gasteiger partial charge in [-0.05, 0) is 48.6 Å². The molecule has 232 valence electrons. The van der Waals surface area contributed by atoms with Gasteiger partial charge in [-0.25, -0.2) is 17.6 Å². The molecule has 1 aromatic heterocycles. The van der Waals surface area contributed by atoms with Crippen LogP contribution in [-0.4, -0.2) is 52.0 Å². The first-order valence-corrected chi connectivity index (χ1v) is 15.4. The zero-order chi connectivity index (χ0) is 32.0. The summed E-state index contributed by atoms with van der Waals surface area (Å²) in [6.07, 6.45) is 4.18. The Labute approximate surface area is 252 Å². The van der Waals surface area contributed by atoms with Crippen molar-refractivity contribution in [1.29, 1.82) is 0 Å². The summed E-state index contributed by atoms with van der Waals surface area (Å²) in [4.78, 5) is 38.2. The van der Waals surface area contributed by atoms with Crippen LogP contribution >= 0.6 is 11.3 Å². The van der Waals surface area contributed by atoms with Crippen LogP contribution in [0.5, 0.6) is 5.75 Å². The number of hydrogen-bond donors (Lipinski definition) is 2. The van der Waals surface area contributed by atoms with E-state index in [-0.39, 0.29) is 40.0 Å². The molecule has 44 heavy (non-hydrogen) atoms. The average molecular weight is 653 g/mol. The van der Waals surface area contributed by atoms with Crippen molar-refractivity contribution in [2.75, 3.05) is 19.5 Å². The number of hydrogen-bond acceptors (Lipinski definition) is 8. The number of anilines is 1. The number of thiophene rings is 1. The molecular weight excluding hydrogens is 628 g/mol. The minimum atomic E-state index is -5.64. The number of benzene rings is 2. The molecule has 4 atom stereocenters. The van der Waals surface area contributed by atoms with E-state index in [0.717, 1.165) is 35.6 Å². The highest BCUT2D eigenvalue weighted by Crippen LogP contribution is 2.45. The highest BCUT2D eigenvalue weighted by atomic mass is 32.2. The van der Waals surface area contributed by atoms with E-state index in [0.29, 0.717) is 11.3 Å². The Morgan fingerprint density at radius 3 is 2.43 bits per heavy atom. The molecule has 9 nitrogen and oxygen atoms in total. The third-order valence-corrected chi connectivity index (χ3v) is 10.0. The molecule has 2 bridgehead atoms. The number of amides is 2. The standard InChI is InChI=1S/C29H24F4N2O7S2/c1-41-22-12-21(30)19(23-9-16(13-43-23)28(38)42-2)11-20(22)26(36)35-25-15-7-6-14(8-15)24(25)27(37)34-17-4-3-5-18(10-17)44(39,40)29(31,32)33/h3-7,9-15,24-25H,8H2,1-2H3,(H,34,37)(H,35,36)/t14-,15+,24+,25-/m1/s1. The number of rotatable bonds is 8. The quantitative estimate of drug-likeness (QED) is 0.195. The van der Waals surface area contributed by atoms with Crippen molar-refractivity contribution >= 4 is 44.6 Å². The van der Waals surface area contributed by atoms with Crippen LogP contribution in [0.1, 0.15) is 27.1 Å². The van der Waals surface area contributed by atoms with E-state index in [2.05, 4.69) is 10.6 Å². The SMILES string of the molecule is COC(=O)c1csc(-c2cc(C(=O)N[C@H]3[C@@H](C(=O)Nc4cccc(S(=O)(=O)C(F)(F)F)c4)[C@@H]4C=C[C@H]3C4)c(OC)cc2F)c1. The van der Waals surface area contributed by atoms with Crippen LogP contribution in [-0.2, 0) is 19.4 Å². The molecule has 0 aliphatic heterocycles. The van der Waals surface area contributed by atoms with Gasteiger partial charge in [-0.1, -0.05) is 18.2 Å². The smallest absolute Gasteiger partial charge is 0.496 e. The Kier molecular flexibility index (Phi) is 8.29. The summed E-state index contributed by atoms with van der Waals surface area (Å²) in [5.41, 5.74) is -5.48. The highest BCUT2D eigenvalue weighted by molar-refractivity contribution is 7.92. The molecule has 2 N–H and O–H groups in total. The van der Waals surface area contributed by atoms with E-state index in [1.807, 2.05) is 12.2 Å². The van der Waals surface area contributed by atoms with Gasteiger partial charge in [-0.3, -0.25) is 9.59 Å². The van der Waals surface area contributed by atoms with Gasteiger partial charge in [0.15, 0.2) is 0 Å². The minimum absolute atomic E-state index is 0.0342. The molecular formula is C29H24F4N2O7S2. The van der Waals surface area contributed by atoms with Crippen molar-refractivity contribution in [2.24, 2.45) is 17.8 Å². The lowest BCUT2D eigenvalue weighted by atomic mass is 9.87. The maximum atomic E-state index is 15.0. The summed E-state index contributed by atoms with van der Waals surface area (Å²) in [6.45, 7) is 0. The number of nitrogens with one attached hydrogen (secondary N) is 2. The molecule has 2 aliphatic carbocycles. The molecule has 2 amide bonds. The molecule has 2 aromatic carbocycles. The second-order valence-electron chi connectivity index (χ2n) is 10.2. The maximum Gasteiger partial charge on any atom is 0.501 e. The third kappa shape index (κ3) is 5.68. The van der Waals surface area contributed by atoms with Gasteiger partial charge in [-0.15, -0.1) is 11.3 Å². The number of carbonyl (C=O) groups is 3. The van der Waals surface area contributed by atoms with Crippen LogP contribution in [0, 0.1) is 23.6 Å². The summed E-state index contributed by atoms with van der Waals surface area (Å²) < 4.78 is 87.8. The Hall–Kier alpha value is -4.24. The summed E-state index contributed by atoms with van der Waals surface area (Å²) in [6, 6.07) is 6.83. The topological polar surface area (TPSA) is 128 Å². The van der Waals surface area contributed by atoms with Crippen molar-refractivity contribution in [2.45, 2.75) is 22.9 Å². The van der Waals surface area contributed by atoms with Crippen LogP contribution in [0.3, 0.4) is 0 Å². The first-order valence-electron chi connectivity index (χ1n) is 13.0. The predicted octanol–water partition coefficient (Wildman–Crippen LogP) is 5.20. The fourth-order valence-corrected chi connectivity index (χ4v) is 7.20. The highest BCUT2D eigenvalue weighted by Gasteiger charge is 2.49. The Bertz CT molecular complexity index is 1790. The fraction of sp³-hybridized carbons (Fsp3) is 0.276. The van der Waals surface area contributed by atoms with Gasteiger partial charge in [0.2, 0.25) is 5.91 Å². The van der Waals surface area contributed by atoms with Crippen LogP contribution in [0.2, 0.25) is 0 Å². The number of sulfone groups is 1. The van der Waals surface area contributed by atoms with Crippen molar-refractivity contribution < 1.29 is 49.8 Å². The molecule has 3 aromatic rings. The number of ether oxygens (including phenoxy) is 2. The first kappa shape index (κ1) is 31.2. The van der Waals surface area contributed by atoms with E-state index in [4.69, 9.17) is 9.47 Å². The zero-order valence-electron chi connectivity index (χ0n) is 23.0. The van der Waals surface area contributed by atoms with E-state index in [1.165, 1.54) is 37.8 Å². The molecule has 0 saturated heterocycles. The lowest BCUT2D eigenvalue weighted by molar-refractivity contribution is -0.121. The normalized spacial score (nSPS) is 20.8. The number of halogens is 4. The monoisotopic (exact) mass is 652 g/mol. The van der Waals surface area contributed by atoms with Crippen LogP contribution < -0.4 is 15.4 Å². The molecule has 1 heterocycles. The molecule has 15 heteroatoms. The van der Waals surface area contributed by atoms with Gasteiger partial charge < -0.3 is 20.1 Å². The van der Waals surface area contributed by atoms with Gasteiger partial charge in [0, 0.05) is 33.6 Å². The number of carbonyl (C=O) groups excluding carboxylic acids is 3. The Morgan fingerprint density at radius 1 is 1.02 bits per heavy atom. The maximum absolute atomic E-state index is 15.0. The van der Waals surface area contributed by atoms with E-state index in [1.54, 1.807) is 0 Å². The lowest BCUT2D eigenvalue weighted by Gasteiger charge is -2.28. The molecule has 0 spiro atoms. The summed E-state index contributed by atoms with van der Waals surface area (Å²) in [5.74, 6) is -4.08. The van der Waals surface area contributed by atoms with Crippen LogP contribution in [0.25, 0.3) is 10.4 Å². The summed E-state index contributed by atoms with van der Waals surface area (Å²) >= 11 is 1.07. The number of allylic oxidation sites excluding steroid dienone is 1.